The van der Waals surface area contributed by atoms with E-state index in [2.05, 4.69) is 10.3 Å². The van der Waals surface area contributed by atoms with Crippen molar-refractivity contribution in [1.29, 1.82) is 0 Å². The largest absolute Gasteiger partial charge is 0.481 e. The number of amides is 1. The maximum atomic E-state index is 11.3. The van der Waals surface area contributed by atoms with Gasteiger partial charge in [0, 0.05) is 28.2 Å². The molecule has 0 bridgehead atoms. The van der Waals surface area contributed by atoms with Crippen LogP contribution in [-0.2, 0) is 22.4 Å². The normalized spacial score (nSPS) is 14.5. The highest BCUT2D eigenvalue weighted by Crippen LogP contribution is 2.29. The van der Waals surface area contributed by atoms with Crippen LogP contribution >= 0.6 is 0 Å². The van der Waals surface area contributed by atoms with Gasteiger partial charge in [-0.2, -0.15) is 0 Å². The molecule has 0 fully saturated rings. The van der Waals surface area contributed by atoms with E-state index in [0.29, 0.717) is 11.6 Å². The summed E-state index contributed by atoms with van der Waals surface area (Å²) < 4.78 is 0. The highest BCUT2D eigenvalue weighted by atomic mass is 16.4. The van der Waals surface area contributed by atoms with Gasteiger partial charge in [0.25, 0.3) is 0 Å². The number of carboxylic acids is 2. The number of fused-ring (bicyclic) bond motifs is 3. The fourth-order valence-electron chi connectivity index (χ4n) is 3.03. The lowest BCUT2D eigenvalue weighted by atomic mass is 9.91. The van der Waals surface area contributed by atoms with Crippen LogP contribution in [0, 0.1) is 0 Å². The topological polar surface area (TPSA) is 209 Å². The molecule has 1 aromatic carbocycles. The Hall–Kier alpha value is -2.95. The molecule has 1 amide bonds. The molecule has 0 saturated carbocycles. The van der Waals surface area contributed by atoms with Gasteiger partial charge in [-0.3, -0.25) is 14.4 Å². The van der Waals surface area contributed by atoms with Crippen molar-refractivity contribution < 1.29 is 35.5 Å². The van der Waals surface area contributed by atoms with Crippen LogP contribution in [-0.4, -0.2) is 57.1 Å². The Balaban J connectivity index is 0.000000634. The minimum absolute atomic E-state index is 0. The number of likely N-dealkylation sites (N-methyl/N-ethyl adjacent to an activating group) is 1. The van der Waals surface area contributed by atoms with E-state index in [0.717, 1.165) is 30.2 Å². The predicted octanol–water partition coefficient (Wildman–Crippen LogP) is -0.370. The molecule has 1 atom stereocenters. The van der Waals surface area contributed by atoms with E-state index in [1.165, 1.54) is 11.3 Å². The van der Waals surface area contributed by atoms with Crippen molar-refractivity contribution in [2.75, 3.05) is 7.05 Å². The molecule has 3 rings (SSSR count). The first-order valence-electron chi connectivity index (χ1n) is 8.36. The number of rotatable bonds is 5. The smallest absolute Gasteiger partial charge is 0.303 e. The Bertz CT molecular complexity index is 818. The Morgan fingerprint density at radius 3 is 2.29 bits per heavy atom. The monoisotopic (exact) mass is 397 g/mol. The van der Waals surface area contributed by atoms with E-state index in [-0.39, 0.29) is 29.7 Å². The molecular weight excluding hydrogens is 370 g/mol. The van der Waals surface area contributed by atoms with Crippen LogP contribution in [0.3, 0.4) is 0 Å². The van der Waals surface area contributed by atoms with Crippen LogP contribution in [0.15, 0.2) is 18.2 Å². The Morgan fingerprint density at radius 1 is 1.18 bits per heavy atom. The van der Waals surface area contributed by atoms with E-state index in [4.69, 9.17) is 15.9 Å². The van der Waals surface area contributed by atoms with Crippen molar-refractivity contribution in [2.45, 2.75) is 38.1 Å². The summed E-state index contributed by atoms with van der Waals surface area (Å²) in [6.45, 7) is 0. The average molecular weight is 397 g/mol. The molecule has 0 radical (unpaired) electrons. The number of hydrogen-bond donors (Lipinski definition) is 5. The average Bonchev–Trinajstić information content (AvgIpc) is 2.97. The number of aryl methyl sites for hydroxylation is 1. The number of nitrogens with two attached hydrogens (primary N) is 1. The second-order valence-corrected chi connectivity index (χ2v) is 6.22. The van der Waals surface area contributed by atoms with Crippen molar-refractivity contribution in [3.8, 4) is 0 Å². The fourth-order valence-corrected chi connectivity index (χ4v) is 3.03. The summed E-state index contributed by atoms with van der Waals surface area (Å²) in [5.41, 5.74) is 9.66. The minimum Gasteiger partial charge on any atom is -0.481 e. The quantitative estimate of drug-likeness (QED) is 0.454. The lowest BCUT2D eigenvalue weighted by molar-refractivity contribution is -0.143. The SMILES string of the molecule is CN[C@@H]1CCc2[nH]c3ccc(C(N)=O)cc3c2C1.O.O.O=C(O)CCC(=O)O. The van der Waals surface area contributed by atoms with Crippen LogP contribution in [0.1, 0.15) is 40.9 Å². The molecule has 10 nitrogen and oxygen atoms in total. The minimum atomic E-state index is -1.08. The third kappa shape index (κ3) is 6.34. The standard InChI is InChI=1S/C14H17N3O.C4H6O4.2H2O/c1-16-9-3-5-13-11(7-9)10-6-8(14(15)18)2-4-12(10)17-13;5-3(6)1-2-4(7)8;;/h2,4,6,9,16-17H,3,5,7H2,1H3,(H2,15,18);1-2H2,(H,5,6)(H,7,8);2*1H2/t9-;;;/m1.../s1. The third-order valence-corrected chi connectivity index (χ3v) is 4.43. The number of nitrogens with one attached hydrogen (secondary N) is 2. The number of aliphatic carboxylic acids is 2. The van der Waals surface area contributed by atoms with Gasteiger partial charge in [0.05, 0.1) is 12.8 Å². The Morgan fingerprint density at radius 2 is 1.79 bits per heavy atom. The van der Waals surface area contributed by atoms with Gasteiger partial charge in [-0.15, -0.1) is 0 Å². The molecular formula is C18H27N3O7. The van der Waals surface area contributed by atoms with E-state index >= 15 is 0 Å². The molecule has 0 aliphatic heterocycles. The van der Waals surface area contributed by atoms with E-state index in [9.17, 15) is 14.4 Å². The number of aromatic nitrogens is 1. The molecule has 28 heavy (non-hydrogen) atoms. The summed E-state index contributed by atoms with van der Waals surface area (Å²) in [6.07, 6.45) is 2.62. The van der Waals surface area contributed by atoms with E-state index < -0.39 is 11.9 Å². The van der Waals surface area contributed by atoms with Crippen LogP contribution in [0.25, 0.3) is 10.9 Å². The van der Waals surface area contributed by atoms with Gasteiger partial charge >= 0.3 is 11.9 Å². The number of carbonyl (C=O) groups is 3. The first-order chi connectivity index (χ1) is 12.3. The maximum Gasteiger partial charge on any atom is 0.303 e. The summed E-state index contributed by atoms with van der Waals surface area (Å²) >= 11 is 0. The summed E-state index contributed by atoms with van der Waals surface area (Å²) in [5, 5.41) is 20.3. The number of carbonyl (C=O) groups excluding carboxylic acids is 1. The zero-order valence-corrected chi connectivity index (χ0v) is 15.5. The lowest BCUT2D eigenvalue weighted by Gasteiger charge is -2.21. The molecule has 10 heteroatoms. The highest BCUT2D eigenvalue weighted by Gasteiger charge is 2.21. The molecule has 2 aromatic rings. The molecule has 0 spiro atoms. The van der Waals surface area contributed by atoms with E-state index in [1.807, 2.05) is 19.2 Å². The lowest BCUT2D eigenvalue weighted by Crippen LogP contribution is -2.31. The zero-order chi connectivity index (χ0) is 19.3. The first-order valence-corrected chi connectivity index (χ1v) is 8.36. The predicted molar refractivity (Wildman–Crippen MR) is 103 cm³/mol. The summed E-state index contributed by atoms with van der Waals surface area (Å²) in [5.74, 6) is -2.52. The number of carboxylic acid groups (broad SMARTS) is 2. The van der Waals surface area contributed by atoms with Gasteiger partial charge in [-0.25, -0.2) is 0 Å². The maximum absolute atomic E-state index is 11.3. The van der Waals surface area contributed by atoms with Gasteiger partial charge in [-0.05, 0) is 50.1 Å². The van der Waals surface area contributed by atoms with Crippen LogP contribution in [0.5, 0.6) is 0 Å². The van der Waals surface area contributed by atoms with Crippen molar-refractivity contribution in [2.24, 2.45) is 5.73 Å². The van der Waals surface area contributed by atoms with Crippen LogP contribution in [0.4, 0.5) is 0 Å². The van der Waals surface area contributed by atoms with Gasteiger partial charge in [-0.1, -0.05) is 0 Å². The molecule has 1 aliphatic rings. The molecule has 10 N–H and O–H groups in total. The summed E-state index contributed by atoms with van der Waals surface area (Å²) in [7, 11) is 2.00. The number of H-pyrrole nitrogens is 1. The van der Waals surface area contributed by atoms with Gasteiger partial charge in [0.1, 0.15) is 0 Å². The highest BCUT2D eigenvalue weighted by molar-refractivity contribution is 5.98. The molecule has 1 aliphatic carbocycles. The van der Waals surface area contributed by atoms with Crippen LogP contribution in [0.2, 0.25) is 0 Å². The number of hydrogen-bond acceptors (Lipinski definition) is 4. The molecule has 0 saturated heterocycles. The van der Waals surface area contributed by atoms with Crippen molar-refractivity contribution >= 4 is 28.7 Å². The molecule has 1 heterocycles. The van der Waals surface area contributed by atoms with Crippen molar-refractivity contribution in [1.82, 2.24) is 10.3 Å². The number of aromatic amines is 1. The van der Waals surface area contributed by atoms with Crippen molar-refractivity contribution in [3.63, 3.8) is 0 Å². The molecule has 1 aromatic heterocycles. The van der Waals surface area contributed by atoms with Crippen molar-refractivity contribution in [3.05, 3.63) is 35.0 Å². The number of primary amides is 1. The van der Waals surface area contributed by atoms with Crippen LogP contribution < -0.4 is 11.1 Å². The molecule has 0 unspecified atom stereocenters. The first kappa shape index (κ1) is 25.1. The zero-order valence-electron chi connectivity index (χ0n) is 15.5. The van der Waals surface area contributed by atoms with Gasteiger partial charge < -0.3 is 37.2 Å². The Labute approximate surface area is 161 Å². The number of benzene rings is 1. The van der Waals surface area contributed by atoms with Gasteiger partial charge in [0.15, 0.2) is 0 Å². The third-order valence-electron chi connectivity index (χ3n) is 4.43. The second kappa shape index (κ2) is 11.0. The van der Waals surface area contributed by atoms with E-state index in [1.54, 1.807) is 6.07 Å². The Kier molecular flexibility index (Phi) is 9.86. The fraction of sp³-hybridized carbons (Fsp3) is 0.389. The summed E-state index contributed by atoms with van der Waals surface area (Å²) in [6, 6.07) is 6.16. The van der Waals surface area contributed by atoms with Gasteiger partial charge in [0.2, 0.25) is 5.91 Å². The molecule has 156 valence electrons. The summed E-state index contributed by atoms with van der Waals surface area (Å²) in [4.78, 5) is 34.0. The second-order valence-electron chi connectivity index (χ2n) is 6.22.